The van der Waals surface area contributed by atoms with Gasteiger partial charge in [0.1, 0.15) is 0 Å². The van der Waals surface area contributed by atoms with Gasteiger partial charge in [0.25, 0.3) is 0 Å². The van der Waals surface area contributed by atoms with Crippen LogP contribution in [0.2, 0.25) is 0 Å². The normalized spacial score (nSPS) is 12.6. The minimum absolute atomic E-state index is 0.184. The van der Waals surface area contributed by atoms with Crippen molar-refractivity contribution in [1.29, 1.82) is 0 Å². The van der Waals surface area contributed by atoms with Gasteiger partial charge in [-0.15, -0.1) is 0 Å². The Hall–Kier alpha value is -0.620. The Kier molecular flexibility index (Phi) is 5.41. The van der Waals surface area contributed by atoms with Crippen LogP contribution in [0.5, 0.6) is 0 Å². The minimum Gasteiger partial charge on any atom is -0.237 e. The van der Waals surface area contributed by atoms with Gasteiger partial charge in [0.05, 0.1) is 22.1 Å². The fourth-order valence-electron chi connectivity index (χ4n) is 0.713. The van der Waals surface area contributed by atoms with Crippen LogP contribution in [0, 0.1) is 0 Å². The average molecular weight is 260 g/mol. The monoisotopic (exact) mass is 260 g/mol. The van der Waals surface area contributed by atoms with Gasteiger partial charge < -0.3 is 0 Å². The van der Waals surface area contributed by atoms with E-state index in [1.54, 1.807) is 10.0 Å². The Labute approximate surface area is 109 Å². The van der Waals surface area contributed by atoms with Gasteiger partial charge in [-0.3, -0.25) is 0 Å². The molecule has 0 atom stereocenters. The molecule has 92 valence electrons. The van der Waals surface area contributed by atoms with Crippen molar-refractivity contribution in [2.24, 2.45) is 10.4 Å². The van der Waals surface area contributed by atoms with Gasteiger partial charge in [-0.1, -0.05) is 24.4 Å². The van der Waals surface area contributed by atoms with Crippen LogP contribution in [0.3, 0.4) is 0 Å². The van der Waals surface area contributed by atoms with Gasteiger partial charge in [0, 0.05) is 0 Å². The molecule has 0 rings (SSSR count). The highest BCUT2D eigenvalue weighted by Crippen LogP contribution is 2.15. The summed E-state index contributed by atoms with van der Waals surface area (Å²) in [5, 5.41) is 11.4. The standard InChI is InChI=1S/C10H20N4S2/c1-9(2,3)13(7-15)11-12-14(8-16)10(4,5)6/h7-8H,1-6H3/b12-11+. The van der Waals surface area contributed by atoms with Gasteiger partial charge in [0.2, 0.25) is 0 Å². The summed E-state index contributed by atoms with van der Waals surface area (Å²) in [5.74, 6) is 0. The maximum absolute atomic E-state index is 4.90. The van der Waals surface area contributed by atoms with Crippen molar-refractivity contribution in [1.82, 2.24) is 10.0 Å². The Balaban J connectivity index is 4.80. The topological polar surface area (TPSA) is 31.2 Å². The molecule has 0 unspecified atom stereocenters. The first-order valence-electron chi connectivity index (χ1n) is 5.04. The van der Waals surface area contributed by atoms with E-state index in [-0.39, 0.29) is 11.1 Å². The first-order chi connectivity index (χ1) is 7.12. The fraction of sp³-hybridized carbons (Fsp3) is 0.800. The molecule has 0 N–H and O–H groups in total. The molecular formula is C10H20N4S2. The SMILES string of the molecule is CC(C)(C)N(C=S)/N=N/N(C=S)C(C)(C)C. The lowest BCUT2D eigenvalue weighted by Gasteiger charge is -2.30. The molecule has 0 spiro atoms. The first-order valence-corrected chi connectivity index (χ1v) is 5.98. The predicted octanol–water partition coefficient (Wildman–Crippen LogP) is 3.38. The summed E-state index contributed by atoms with van der Waals surface area (Å²) in [6.07, 6.45) is 0. The van der Waals surface area contributed by atoms with Crippen LogP contribution in [0.25, 0.3) is 0 Å². The zero-order valence-corrected chi connectivity index (χ0v) is 12.4. The summed E-state index contributed by atoms with van der Waals surface area (Å²) in [7, 11) is 0. The van der Waals surface area contributed by atoms with Crippen LogP contribution in [0.1, 0.15) is 41.5 Å². The van der Waals surface area contributed by atoms with Gasteiger partial charge >= 0.3 is 0 Å². The van der Waals surface area contributed by atoms with Crippen LogP contribution in [0.4, 0.5) is 0 Å². The van der Waals surface area contributed by atoms with E-state index in [4.69, 9.17) is 24.4 Å². The Morgan fingerprint density at radius 1 is 0.750 bits per heavy atom. The minimum atomic E-state index is -0.184. The molecule has 0 aliphatic carbocycles. The summed E-state index contributed by atoms with van der Waals surface area (Å²) in [6.45, 7) is 12.0. The molecule has 6 heteroatoms. The number of nitrogens with zero attached hydrogens (tertiary/aromatic N) is 4. The van der Waals surface area contributed by atoms with Crippen molar-refractivity contribution in [3.05, 3.63) is 0 Å². The van der Waals surface area contributed by atoms with Gasteiger partial charge in [-0.05, 0) is 52.0 Å². The first kappa shape index (κ1) is 15.4. The summed E-state index contributed by atoms with van der Waals surface area (Å²) in [5.41, 5.74) is 2.59. The van der Waals surface area contributed by atoms with Crippen molar-refractivity contribution in [2.75, 3.05) is 0 Å². The van der Waals surface area contributed by atoms with E-state index < -0.39 is 0 Å². The molecule has 4 nitrogen and oxygen atoms in total. The van der Waals surface area contributed by atoms with Gasteiger partial charge in [0.15, 0.2) is 0 Å². The van der Waals surface area contributed by atoms with Crippen molar-refractivity contribution in [3.63, 3.8) is 0 Å². The lowest BCUT2D eigenvalue weighted by molar-refractivity contribution is 0.184. The molecular weight excluding hydrogens is 240 g/mol. The average Bonchev–Trinajstić information content (AvgIpc) is 2.08. The molecule has 0 aliphatic heterocycles. The largest absolute Gasteiger partial charge is 0.237 e. The molecule has 0 heterocycles. The van der Waals surface area contributed by atoms with Crippen molar-refractivity contribution in [3.8, 4) is 0 Å². The molecule has 16 heavy (non-hydrogen) atoms. The maximum atomic E-state index is 4.90. The second-order valence-corrected chi connectivity index (χ2v) is 5.84. The third kappa shape index (κ3) is 4.94. The number of hydrogen-bond donors (Lipinski definition) is 0. The number of rotatable bonds is 4. The van der Waals surface area contributed by atoms with E-state index in [0.29, 0.717) is 0 Å². The van der Waals surface area contributed by atoms with Crippen LogP contribution >= 0.6 is 24.4 Å². The maximum Gasteiger partial charge on any atom is 0.0885 e. The summed E-state index contributed by atoms with van der Waals surface area (Å²) in [6, 6.07) is 0. The summed E-state index contributed by atoms with van der Waals surface area (Å²) < 4.78 is 0. The van der Waals surface area contributed by atoms with E-state index in [1.165, 1.54) is 11.0 Å². The third-order valence-electron chi connectivity index (χ3n) is 1.81. The van der Waals surface area contributed by atoms with E-state index >= 15 is 0 Å². The molecule has 0 amide bonds. The number of thiocarbonyl (C=S) groups is 2. The van der Waals surface area contributed by atoms with E-state index in [9.17, 15) is 0 Å². The molecule has 0 fully saturated rings. The molecule has 0 bridgehead atoms. The van der Waals surface area contributed by atoms with E-state index in [0.717, 1.165) is 0 Å². The Bertz CT molecular complexity index is 248. The quantitative estimate of drug-likeness (QED) is 0.440. The zero-order chi connectivity index (χ0) is 13.0. The summed E-state index contributed by atoms with van der Waals surface area (Å²) in [4.78, 5) is 0. The predicted molar refractivity (Wildman–Crippen MR) is 75.4 cm³/mol. The van der Waals surface area contributed by atoms with E-state index in [2.05, 4.69) is 10.4 Å². The Morgan fingerprint density at radius 2 is 1.00 bits per heavy atom. The van der Waals surface area contributed by atoms with Crippen LogP contribution < -0.4 is 0 Å². The molecule has 0 radical (unpaired) electrons. The van der Waals surface area contributed by atoms with E-state index in [1.807, 2.05) is 41.5 Å². The highest BCUT2D eigenvalue weighted by Gasteiger charge is 2.21. The van der Waals surface area contributed by atoms with Crippen LogP contribution in [-0.4, -0.2) is 32.1 Å². The second kappa shape index (κ2) is 5.63. The third-order valence-corrected chi connectivity index (χ3v) is 2.21. The van der Waals surface area contributed by atoms with Crippen LogP contribution in [-0.2, 0) is 0 Å². The molecule has 0 saturated carbocycles. The highest BCUT2D eigenvalue weighted by atomic mass is 32.1. The number of hydrogen-bond acceptors (Lipinski definition) is 4. The summed E-state index contributed by atoms with van der Waals surface area (Å²) >= 11 is 9.79. The molecule has 0 aliphatic rings. The van der Waals surface area contributed by atoms with Crippen molar-refractivity contribution >= 4 is 35.4 Å². The van der Waals surface area contributed by atoms with Crippen molar-refractivity contribution in [2.45, 2.75) is 52.6 Å². The van der Waals surface area contributed by atoms with Crippen molar-refractivity contribution < 1.29 is 0 Å². The lowest BCUT2D eigenvalue weighted by atomic mass is 10.1. The molecule has 0 aromatic rings. The van der Waals surface area contributed by atoms with Gasteiger partial charge in [-0.2, -0.15) is 0 Å². The molecule has 0 aromatic carbocycles. The smallest absolute Gasteiger partial charge is 0.0885 e. The fourth-order valence-corrected chi connectivity index (χ4v) is 1.43. The molecule has 0 aromatic heterocycles. The molecule has 0 saturated heterocycles. The highest BCUT2D eigenvalue weighted by molar-refractivity contribution is 7.79. The van der Waals surface area contributed by atoms with Crippen LogP contribution in [0.15, 0.2) is 10.4 Å². The van der Waals surface area contributed by atoms with Gasteiger partial charge in [-0.25, -0.2) is 10.0 Å². The zero-order valence-electron chi connectivity index (χ0n) is 10.8. The Morgan fingerprint density at radius 3 is 1.12 bits per heavy atom. The second-order valence-electron chi connectivity index (χ2n) is 5.42. The lowest BCUT2D eigenvalue weighted by Crippen LogP contribution is -2.38.